The van der Waals surface area contributed by atoms with Crippen molar-refractivity contribution in [2.75, 3.05) is 6.61 Å². The fraction of sp³-hybridized carbons (Fsp3) is 0.417. The summed E-state index contributed by atoms with van der Waals surface area (Å²) in [6, 6.07) is 1.99. The third-order valence-electron chi connectivity index (χ3n) is 2.31. The van der Waals surface area contributed by atoms with Gasteiger partial charge in [0.25, 0.3) is 0 Å². The molecule has 0 unspecified atom stereocenters. The summed E-state index contributed by atoms with van der Waals surface area (Å²) in [6.07, 6.45) is -5.06. The van der Waals surface area contributed by atoms with Crippen molar-refractivity contribution in [3.8, 4) is 5.75 Å². The second-order valence-corrected chi connectivity index (χ2v) is 3.51. The Balaban J connectivity index is 3.47. The zero-order chi connectivity index (χ0) is 13.9. The summed E-state index contributed by atoms with van der Waals surface area (Å²) in [5.74, 6) is -2.80. The van der Waals surface area contributed by atoms with Gasteiger partial charge < -0.3 is 4.74 Å². The van der Waals surface area contributed by atoms with Gasteiger partial charge in [0.2, 0.25) is 0 Å². The maximum Gasteiger partial charge on any atom is 0.420 e. The van der Waals surface area contributed by atoms with E-state index in [1.807, 2.05) is 0 Å². The van der Waals surface area contributed by atoms with Crippen molar-refractivity contribution in [2.45, 2.75) is 26.4 Å². The van der Waals surface area contributed by atoms with E-state index in [9.17, 15) is 22.4 Å². The number of benzene rings is 1. The minimum Gasteiger partial charge on any atom is -0.491 e. The molecule has 0 aromatic heterocycles. The van der Waals surface area contributed by atoms with Crippen LogP contribution >= 0.6 is 0 Å². The Bertz CT molecular complexity index is 452. The number of alkyl halides is 3. The van der Waals surface area contributed by atoms with Gasteiger partial charge in [-0.1, -0.05) is 6.92 Å². The molecule has 2 nitrogen and oxygen atoms in total. The second kappa shape index (κ2) is 5.37. The molecule has 0 aliphatic carbocycles. The average molecular weight is 264 g/mol. The summed E-state index contributed by atoms with van der Waals surface area (Å²) >= 11 is 0. The van der Waals surface area contributed by atoms with Crippen LogP contribution in [0.25, 0.3) is 0 Å². The van der Waals surface area contributed by atoms with Crippen molar-refractivity contribution in [3.63, 3.8) is 0 Å². The van der Waals surface area contributed by atoms with Gasteiger partial charge in [0.05, 0.1) is 6.61 Å². The lowest BCUT2D eigenvalue weighted by Gasteiger charge is -2.15. The highest BCUT2D eigenvalue weighted by Crippen LogP contribution is 2.38. The summed E-state index contributed by atoms with van der Waals surface area (Å²) in [4.78, 5) is 11.4. The van der Waals surface area contributed by atoms with Crippen LogP contribution in [0.1, 0.15) is 36.2 Å². The lowest BCUT2D eigenvalue weighted by Crippen LogP contribution is -2.16. The largest absolute Gasteiger partial charge is 0.491 e. The summed E-state index contributed by atoms with van der Waals surface area (Å²) in [6.45, 7) is 2.98. The van der Waals surface area contributed by atoms with Gasteiger partial charge in [0.1, 0.15) is 5.56 Å². The zero-order valence-electron chi connectivity index (χ0n) is 9.90. The van der Waals surface area contributed by atoms with Gasteiger partial charge in [-0.25, -0.2) is 4.39 Å². The number of ketones is 1. The minimum atomic E-state index is -4.93. The van der Waals surface area contributed by atoms with E-state index in [1.165, 1.54) is 13.8 Å². The van der Waals surface area contributed by atoms with Crippen LogP contribution in [0, 0.1) is 5.82 Å². The van der Waals surface area contributed by atoms with E-state index < -0.39 is 34.7 Å². The molecule has 0 N–H and O–H groups in total. The van der Waals surface area contributed by atoms with Crippen molar-refractivity contribution in [3.05, 3.63) is 29.1 Å². The number of Topliss-reactive ketones (excluding diaryl/α,β-unsaturated/α-hetero) is 1. The maximum absolute atomic E-state index is 13.7. The lowest BCUT2D eigenvalue weighted by molar-refractivity contribution is -0.140. The Labute approximate surface area is 102 Å². The van der Waals surface area contributed by atoms with E-state index >= 15 is 0 Å². The normalized spacial score (nSPS) is 11.4. The second-order valence-electron chi connectivity index (χ2n) is 3.51. The Morgan fingerprint density at radius 3 is 2.33 bits per heavy atom. The highest BCUT2D eigenvalue weighted by molar-refractivity contribution is 5.97. The van der Waals surface area contributed by atoms with Crippen LogP contribution in [-0.4, -0.2) is 12.4 Å². The van der Waals surface area contributed by atoms with E-state index in [2.05, 4.69) is 0 Å². The Kier molecular flexibility index (Phi) is 4.32. The van der Waals surface area contributed by atoms with Crippen LogP contribution in [-0.2, 0) is 6.18 Å². The smallest absolute Gasteiger partial charge is 0.420 e. The molecule has 0 saturated carbocycles. The molecule has 1 aromatic rings. The van der Waals surface area contributed by atoms with Crippen molar-refractivity contribution >= 4 is 5.78 Å². The summed E-state index contributed by atoms with van der Waals surface area (Å²) < 4.78 is 56.8. The standard InChI is InChI=1S/C12H12F4O2/c1-3-8(17)7-5-6-9(18-4-2)11(13)10(7)12(14,15)16/h5-6H,3-4H2,1-2H3. The first kappa shape index (κ1) is 14.5. The average Bonchev–Trinajstić information content (AvgIpc) is 2.29. The van der Waals surface area contributed by atoms with E-state index in [1.54, 1.807) is 0 Å². The molecule has 1 rings (SSSR count). The number of hydrogen-bond donors (Lipinski definition) is 0. The van der Waals surface area contributed by atoms with Gasteiger partial charge in [0.15, 0.2) is 17.3 Å². The Morgan fingerprint density at radius 2 is 1.89 bits per heavy atom. The predicted octanol–water partition coefficient (Wildman–Crippen LogP) is 3.84. The molecule has 0 aliphatic rings. The topological polar surface area (TPSA) is 26.3 Å². The quantitative estimate of drug-likeness (QED) is 0.610. The Hall–Kier alpha value is -1.59. The van der Waals surface area contributed by atoms with Crippen LogP contribution in [0.15, 0.2) is 12.1 Å². The molecule has 0 spiro atoms. The molecule has 0 fully saturated rings. The predicted molar refractivity (Wildman–Crippen MR) is 57.2 cm³/mol. The molecule has 6 heteroatoms. The first-order valence-electron chi connectivity index (χ1n) is 5.38. The number of hydrogen-bond acceptors (Lipinski definition) is 2. The third kappa shape index (κ3) is 2.80. The molecular formula is C12H12F4O2. The molecule has 0 saturated heterocycles. The van der Waals surface area contributed by atoms with Gasteiger partial charge in [0, 0.05) is 12.0 Å². The van der Waals surface area contributed by atoms with Crippen LogP contribution in [0.5, 0.6) is 5.75 Å². The molecule has 18 heavy (non-hydrogen) atoms. The van der Waals surface area contributed by atoms with Crippen LogP contribution in [0.4, 0.5) is 17.6 Å². The van der Waals surface area contributed by atoms with E-state index in [0.717, 1.165) is 12.1 Å². The van der Waals surface area contributed by atoms with E-state index in [4.69, 9.17) is 4.74 Å². The van der Waals surface area contributed by atoms with Crippen molar-refractivity contribution in [1.29, 1.82) is 0 Å². The molecule has 0 heterocycles. The molecule has 0 bridgehead atoms. The molecule has 1 aromatic carbocycles. The Morgan fingerprint density at radius 1 is 1.28 bits per heavy atom. The van der Waals surface area contributed by atoms with Gasteiger partial charge in [-0.05, 0) is 19.1 Å². The molecule has 0 atom stereocenters. The molecule has 0 amide bonds. The monoisotopic (exact) mass is 264 g/mol. The minimum absolute atomic E-state index is 0.0370. The van der Waals surface area contributed by atoms with Gasteiger partial charge in [-0.2, -0.15) is 13.2 Å². The fourth-order valence-electron chi connectivity index (χ4n) is 1.52. The first-order valence-corrected chi connectivity index (χ1v) is 5.38. The number of ether oxygens (including phenoxy) is 1. The molecular weight excluding hydrogens is 252 g/mol. The number of rotatable bonds is 4. The third-order valence-corrected chi connectivity index (χ3v) is 2.31. The number of halogens is 4. The highest BCUT2D eigenvalue weighted by Gasteiger charge is 2.39. The van der Waals surface area contributed by atoms with Crippen LogP contribution in [0.2, 0.25) is 0 Å². The first-order chi connectivity index (χ1) is 8.32. The lowest BCUT2D eigenvalue weighted by atomic mass is 10.0. The zero-order valence-corrected chi connectivity index (χ0v) is 9.90. The molecule has 0 aliphatic heterocycles. The SMILES string of the molecule is CCOc1ccc(C(=O)CC)c(C(F)(F)F)c1F. The number of carbonyl (C=O) groups is 1. The van der Waals surface area contributed by atoms with E-state index in [0.29, 0.717) is 0 Å². The maximum atomic E-state index is 13.7. The summed E-state index contributed by atoms with van der Waals surface area (Å²) in [5.41, 5.74) is -2.22. The summed E-state index contributed by atoms with van der Waals surface area (Å²) in [7, 11) is 0. The van der Waals surface area contributed by atoms with E-state index in [-0.39, 0.29) is 13.0 Å². The molecule has 0 radical (unpaired) electrons. The van der Waals surface area contributed by atoms with Gasteiger partial charge >= 0.3 is 6.18 Å². The number of carbonyl (C=O) groups excluding carboxylic acids is 1. The fourth-order valence-corrected chi connectivity index (χ4v) is 1.52. The van der Waals surface area contributed by atoms with Gasteiger partial charge in [-0.3, -0.25) is 4.79 Å². The summed E-state index contributed by atoms with van der Waals surface area (Å²) in [5, 5.41) is 0. The van der Waals surface area contributed by atoms with Crippen molar-refractivity contribution < 1.29 is 27.1 Å². The molecule has 100 valence electrons. The van der Waals surface area contributed by atoms with Crippen LogP contribution in [0.3, 0.4) is 0 Å². The highest BCUT2D eigenvalue weighted by atomic mass is 19.4. The van der Waals surface area contributed by atoms with Crippen molar-refractivity contribution in [2.24, 2.45) is 0 Å². The van der Waals surface area contributed by atoms with Gasteiger partial charge in [-0.15, -0.1) is 0 Å². The van der Waals surface area contributed by atoms with Crippen LogP contribution < -0.4 is 4.74 Å². The van der Waals surface area contributed by atoms with Crippen molar-refractivity contribution in [1.82, 2.24) is 0 Å².